The van der Waals surface area contributed by atoms with Gasteiger partial charge in [-0.2, -0.15) is 0 Å². The van der Waals surface area contributed by atoms with Crippen molar-refractivity contribution in [3.63, 3.8) is 0 Å². The number of rotatable bonds is 7. The molecule has 0 aliphatic heterocycles. The fraction of sp³-hybridized carbons (Fsp3) is 0.310. The van der Waals surface area contributed by atoms with Crippen LogP contribution in [0.3, 0.4) is 0 Å². The third kappa shape index (κ3) is 5.47. The Hall–Kier alpha value is -3.45. The Kier molecular flexibility index (Phi) is 7.42. The predicted octanol–water partition coefficient (Wildman–Crippen LogP) is 7.58. The van der Waals surface area contributed by atoms with E-state index in [9.17, 15) is 13.6 Å². The number of aromatic nitrogens is 2. The molecule has 0 bridgehead atoms. The SMILES string of the molecule is COC(=O)c1ccc(COc2cc(Cl)ccc2-c2nc3cc(F)c(F)cc3n2CC2CCCCC2)cc1. The normalized spacial score (nSPS) is 14.2. The number of benzene rings is 3. The summed E-state index contributed by atoms with van der Waals surface area (Å²) in [6.45, 7) is 0.884. The van der Waals surface area contributed by atoms with E-state index in [1.807, 2.05) is 10.6 Å². The molecule has 0 N–H and O–H groups in total. The highest BCUT2D eigenvalue weighted by Crippen LogP contribution is 2.37. The molecular formula is C29H27ClF2N2O3. The van der Waals surface area contributed by atoms with Crippen LogP contribution < -0.4 is 4.74 Å². The van der Waals surface area contributed by atoms with E-state index in [1.165, 1.54) is 32.4 Å². The van der Waals surface area contributed by atoms with E-state index in [-0.39, 0.29) is 6.61 Å². The van der Waals surface area contributed by atoms with Crippen LogP contribution in [-0.2, 0) is 17.9 Å². The van der Waals surface area contributed by atoms with Gasteiger partial charge in [-0.15, -0.1) is 0 Å². The van der Waals surface area contributed by atoms with Gasteiger partial charge in [0.25, 0.3) is 0 Å². The number of imidazole rings is 1. The average molecular weight is 525 g/mol. The summed E-state index contributed by atoms with van der Waals surface area (Å²) in [5.41, 5.74) is 2.93. The van der Waals surface area contributed by atoms with Gasteiger partial charge in [-0.25, -0.2) is 18.6 Å². The lowest BCUT2D eigenvalue weighted by molar-refractivity contribution is 0.0600. The van der Waals surface area contributed by atoms with Crippen LogP contribution in [0.1, 0.15) is 48.0 Å². The maximum absolute atomic E-state index is 14.3. The molecule has 1 aromatic heterocycles. The quantitative estimate of drug-likeness (QED) is 0.234. The van der Waals surface area contributed by atoms with Crippen molar-refractivity contribution in [3.8, 4) is 17.1 Å². The van der Waals surface area contributed by atoms with Gasteiger partial charge < -0.3 is 14.0 Å². The molecule has 0 radical (unpaired) electrons. The molecule has 1 fully saturated rings. The Labute approximate surface area is 219 Å². The van der Waals surface area contributed by atoms with Crippen LogP contribution in [0.4, 0.5) is 8.78 Å². The second-order valence-electron chi connectivity index (χ2n) is 9.42. The number of hydrogen-bond donors (Lipinski definition) is 0. The molecule has 0 amide bonds. The van der Waals surface area contributed by atoms with Crippen molar-refractivity contribution in [2.24, 2.45) is 5.92 Å². The van der Waals surface area contributed by atoms with Crippen molar-refractivity contribution in [1.82, 2.24) is 9.55 Å². The third-order valence-electron chi connectivity index (χ3n) is 6.91. The Morgan fingerprint density at radius 2 is 1.76 bits per heavy atom. The highest BCUT2D eigenvalue weighted by atomic mass is 35.5. The molecule has 0 saturated heterocycles. The number of fused-ring (bicyclic) bond motifs is 1. The Morgan fingerprint density at radius 3 is 2.49 bits per heavy atom. The third-order valence-corrected chi connectivity index (χ3v) is 7.14. The summed E-state index contributed by atoms with van der Waals surface area (Å²) in [6.07, 6.45) is 5.74. The molecule has 192 valence electrons. The lowest BCUT2D eigenvalue weighted by Gasteiger charge is -2.23. The molecular weight excluding hydrogens is 498 g/mol. The zero-order valence-corrected chi connectivity index (χ0v) is 21.2. The maximum atomic E-state index is 14.3. The first-order valence-corrected chi connectivity index (χ1v) is 12.8. The summed E-state index contributed by atoms with van der Waals surface area (Å²) in [7, 11) is 1.34. The zero-order valence-electron chi connectivity index (χ0n) is 20.5. The van der Waals surface area contributed by atoms with Gasteiger partial charge in [0.05, 0.1) is 29.3 Å². The van der Waals surface area contributed by atoms with Crippen molar-refractivity contribution >= 4 is 28.6 Å². The Morgan fingerprint density at radius 1 is 1.03 bits per heavy atom. The summed E-state index contributed by atoms with van der Waals surface area (Å²) in [4.78, 5) is 16.4. The van der Waals surface area contributed by atoms with Gasteiger partial charge in [0.2, 0.25) is 0 Å². The number of esters is 1. The lowest BCUT2D eigenvalue weighted by Crippen LogP contribution is -2.15. The molecule has 3 aromatic carbocycles. The van der Waals surface area contributed by atoms with Gasteiger partial charge >= 0.3 is 5.97 Å². The lowest BCUT2D eigenvalue weighted by atomic mass is 9.89. The van der Waals surface area contributed by atoms with Crippen molar-refractivity contribution in [1.29, 1.82) is 0 Å². The van der Waals surface area contributed by atoms with E-state index in [1.54, 1.807) is 36.4 Å². The van der Waals surface area contributed by atoms with Crippen LogP contribution >= 0.6 is 11.6 Å². The second kappa shape index (κ2) is 10.9. The topological polar surface area (TPSA) is 53.4 Å². The minimum atomic E-state index is -0.927. The first-order chi connectivity index (χ1) is 17.9. The molecule has 4 aromatic rings. The fourth-order valence-electron chi connectivity index (χ4n) is 4.95. The van der Waals surface area contributed by atoms with Gasteiger partial charge in [0, 0.05) is 23.7 Å². The summed E-state index contributed by atoms with van der Waals surface area (Å²) in [5.74, 6) is -0.711. The molecule has 0 atom stereocenters. The average Bonchev–Trinajstić information content (AvgIpc) is 3.24. The van der Waals surface area contributed by atoms with Gasteiger partial charge in [0.1, 0.15) is 18.2 Å². The highest BCUT2D eigenvalue weighted by Gasteiger charge is 2.22. The molecule has 37 heavy (non-hydrogen) atoms. The monoisotopic (exact) mass is 524 g/mol. The molecule has 8 heteroatoms. The van der Waals surface area contributed by atoms with Crippen LogP contribution in [0.5, 0.6) is 5.75 Å². The number of halogens is 3. The van der Waals surface area contributed by atoms with Crippen LogP contribution in [0.25, 0.3) is 22.4 Å². The molecule has 1 aliphatic rings. The number of nitrogens with zero attached hydrogens (tertiary/aromatic N) is 2. The maximum Gasteiger partial charge on any atom is 0.337 e. The zero-order chi connectivity index (χ0) is 25.9. The number of ether oxygens (including phenoxy) is 2. The van der Waals surface area contributed by atoms with Gasteiger partial charge in [-0.05, 0) is 54.7 Å². The van der Waals surface area contributed by atoms with E-state index in [4.69, 9.17) is 26.1 Å². The number of methoxy groups -OCH3 is 1. The fourth-order valence-corrected chi connectivity index (χ4v) is 5.12. The minimum absolute atomic E-state index is 0.223. The summed E-state index contributed by atoms with van der Waals surface area (Å²) < 4.78 is 41.3. The van der Waals surface area contributed by atoms with Crippen LogP contribution in [0.2, 0.25) is 5.02 Å². The number of carbonyl (C=O) groups excluding carboxylic acids is 1. The van der Waals surface area contributed by atoms with Crippen LogP contribution in [-0.4, -0.2) is 22.6 Å². The molecule has 5 nitrogen and oxygen atoms in total. The molecule has 0 spiro atoms. The van der Waals surface area contributed by atoms with E-state index in [2.05, 4.69) is 0 Å². The molecule has 5 rings (SSSR count). The Balaban J connectivity index is 1.51. The first-order valence-electron chi connectivity index (χ1n) is 12.4. The van der Waals surface area contributed by atoms with Crippen molar-refractivity contribution < 1.29 is 23.0 Å². The largest absolute Gasteiger partial charge is 0.488 e. The summed E-state index contributed by atoms with van der Waals surface area (Å²) >= 11 is 6.32. The van der Waals surface area contributed by atoms with E-state index in [0.29, 0.717) is 51.2 Å². The van der Waals surface area contributed by atoms with Gasteiger partial charge in [-0.1, -0.05) is 43.0 Å². The molecule has 1 heterocycles. The van der Waals surface area contributed by atoms with E-state index >= 15 is 0 Å². The number of carbonyl (C=O) groups is 1. The van der Waals surface area contributed by atoms with E-state index < -0.39 is 17.6 Å². The standard InChI is InChI=1S/C29H27ClF2N2O3/c1-36-29(35)20-9-7-19(8-10-20)17-37-27-13-21(30)11-12-22(27)28-33-25-14-23(31)24(32)15-26(25)34(28)16-18-5-3-2-4-6-18/h7-15,18H,2-6,16-17H2,1H3. The number of hydrogen-bond acceptors (Lipinski definition) is 4. The minimum Gasteiger partial charge on any atom is -0.488 e. The van der Waals surface area contributed by atoms with Crippen LogP contribution in [0, 0.1) is 17.6 Å². The Bertz CT molecular complexity index is 1430. The molecule has 1 aliphatic carbocycles. The second-order valence-corrected chi connectivity index (χ2v) is 9.86. The summed E-state index contributed by atoms with van der Waals surface area (Å²) in [6, 6.07) is 14.6. The van der Waals surface area contributed by atoms with Gasteiger partial charge in [0.15, 0.2) is 11.6 Å². The smallest absolute Gasteiger partial charge is 0.337 e. The van der Waals surface area contributed by atoms with Crippen LogP contribution in [0.15, 0.2) is 54.6 Å². The molecule has 0 unspecified atom stereocenters. The van der Waals surface area contributed by atoms with Gasteiger partial charge in [-0.3, -0.25) is 0 Å². The van der Waals surface area contributed by atoms with Crippen molar-refractivity contribution in [2.75, 3.05) is 7.11 Å². The molecule has 1 saturated carbocycles. The first kappa shape index (κ1) is 25.2. The van der Waals surface area contributed by atoms with Crippen molar-refractivity contribution in [2.45, 2.75) is 45.3 Å². The van der Waals surface area contributed by atoms with E-state index in [0.717, 1.165) is 24.5 Å². The summed E-state index contributed by atoms with van der Waals surface area (Å²) in [5, 5.41) is 0.492. The predicted molar refractivity (Wildman–Crippen MR) is 139 cm³/mol. The van der Waals surface area contributed by atoms with Crippen molar-refractivity contribution in [3.05, 3.63) is 82.4 Å². The highest BCUT2D eigenvalue weighted by molar-refractivity contribution is 6.30.